The van der Waals surface area contributed by atoms with Crippen LogP contribution in [-0.2, 0) is 5.41 Å². The Hall–Kier alpha value is -0.570. The summed E-state index contributed by atoms with van der Waals surface area (Å²) in [5.41, 5.74) is 4.94. The number of benzene rings is 1. The summed E-state index contributed by atoms with van der Waals surface area (Å²) in [7, 11) is 0. The highest BCUT2D eigenvalue weighted by atomic mass is 35.5. The van der Waals surface area contributed by atoms with E-state index in [4.69, 9.17) is 17.4 Å². The van der Waals surface area contributed by atoms with E-state index < -0.39 is 0 Å². The first kappa shape index (κ1) is 8.72. The topological polar surface area (TPSA) is 38.0 Å². The zero-order valence-corrected chi connectivity index (χ0v) is 8.64. The fraction of sp³-hybridized carbons (Fsp3) is 0.455. The third kappa shape index (κ3) is 0.937. The standard InChI is InChI=1S/C11H13ClN2/c12-9-3-1-2-8(4-9)10-5-11(6-10,7-10)14-13/h1-4,14H,5-7,13H2. The minimum Gasteiger partial charge on any atom is -0.271 e. The molecule has 0 saturated heterocycles. The highest BCUT2D eigenvalue weighted by Gasteiger charge is 2.68. The summed E-state index contributed by atoms with van der Waals surface area (Å²) in [4.78, 5) is 0. The number of nitrogens with one attached hydrogen (secondary N) is 1. The lowest BCUT2D eigenvalue weighted by atomic mass is 9.38. The van der Waals surface area contributed by atoms with Gasteiger partial charge in [-0.15, -0.1) is 0 Å². The largest absolute Gasteiger partial charge is 0.271 e. The van der Waals surface area contributed by atoms with Crippen molar-refractivity contribution >= 4 is 11.6 Å². The first-order valence-corrected chi connectivity index (χ1v) is 5.30. The molecule has 0 radical (unpaired) electrons. The van der Waals surface area contributed by atoms with Crippen molar-refractivity contribution in [1.82, 2.24) is 5.43 Å². The van der Waals surface area contributed by atoms with E-state index in [1.165, 1.54) is 5.56 Å². The lowest BCUT2D eigenvalue weighted by Crippen LogP contribution is -2.77. The van der Waals surface area contributed by atoms with Gasteiger partial charge in [0, 0.05) is 16.0 Å². The van der Waals surface area contributed by atoms with Crippen LogP contribution in [0.1, 0.15) is 24.8 Å². The third-order valence-electron chi connectivity index (χ3n) is 3.77. The molecule has 0 spiro atoms. The van der Waals surface area contributed by atoms with Crippen LogP contribution in [0.5, 0.6) is 0 Å². The molecule has 3 saturated carbocycles. The van der Waals surface area contributed by atoms with Gasteiger partial charge in [0.25, 0.3) is 0 Å². The van der Waals surface area contributed by atoms with E-state index in [0.29, 0.717) is 5.41 Å². The monoisotopic (exact) mass is 208 g/mol. The molecule has 0 aromatic heterocycles. The highest BCUT2D eigenvalue weighted by molar-refractivity contribution is 6.30. The molecule has 3 heteroatoms. The van der Waals surface area contributed by atoms with Crippen LogP contribution < -0.4 is 11.3 Å². The van der Waals surface area contributed by atoms with E-state index >= 15 is 0 Å². The summed E-state index contributed by atoms with van der Waals surface area (Å²) < 4.78 is 0. The van der Waals surface area contributed by atoms with Gasteiger partial charge in [-0.1, -0.05) is 23.7 Å². The number of hydrogen-bond donors (Lipinski definition) is 2. The number of hydrazine groups is 1. The van der Waals surface area contributed by atoms with Gasteiger partial charge in [0.15, 0.2) is 0 Å². The van der Waals surface area contributed by atoms with Crippen molar-refractivity contribution in [3.8, 4) is 0 Å². The van der Waals surface area contributed by atoms with Crippen molar-refractivity contribution in [3.63, 3.8) is 0 Å². The Morgan fingerprint density at radius 2 is 2.00 bits per heavy atom. The van der Waals surface area contributed by atoms with Gasteiger partial charge in [0.05, 0.1) is 0 Å². The fourth-order valence-electron chi connectivity index (χ4n) is 3.07. The van der Waals surface area contributed by atoms with Crippen LogP contribution in [0.15, 0.2) is 24.3 Å². The van der Waals surface area contributed by atoms with Crippen LogP contribution in [0.3, 0.4) is 0 Å². The summed E-state index contributed by atoms with van der Waals surface area (Å²) in [6.45, 7) is 0. The quantitative estimate of drug-likeness (QED) is 0.576. The van der Waals surface area contributed by atoms with Gasteiger partial charge in [-0.25, -0.2) is 0 Å². The molecule has 3 N–H and O–H groups in total. The predicted molar refractivity (Wildman–Crippen MR) is 57.0 cm³/mol. The van der Waals surface area contributed by atoms with Crippen molar-refractivity contribution < 1.29 is 0 Å². The molecule has 14 heavy (non-hydrogen) atoms. The molecule has 1 aromatic rings. The van der Waals surface area contributed by atoms with Crippen molar-refractivity contribution in [2.45, 2.75) is 30.2 Å². The van der Waals surface area contributed by atoms with E-state index in [0.717, 1.165) is 24.3 Å². The Kier molecular flexibility index (Phi) is 1.56. The first-order chi connectivity index (χ1) is 6.68. The second-order valence-electron chi connectivity index (χ2n) is 4.75. The molecule has 4 rings (SSSR count). The third-order valence-corrected chi connectivity index (χ3v) is 4.01. The summed E-state index contributed by atoms with van der Waals surface area (Å²) in [6, 6.07) is 8.21. The summed E-state index contributed by atoms with van der Waals surface area (Å²) >= 11 is 5.98. The van der Waals surface area contributed by atoms with Gasteiger partial charge in [-0.3, -0.25) is 11.3 Å². The zero-order chi connectivity index (χ0) is 9.81. The molecule has 3 aliphatic rings. The van der Waals surface area contributed by atoms with E-state index in [9.17, 15) is 0 Å². The average molecular weight is 209 g/mol. The second-order valence-corrected chi connectivity index (χ2v) is 5.18. The van der Waals surface area contributed by atoms with E-state index in [1.807, 2.05) is 12.1 Å². The molecule has 74 valence electrons. The Morgan fingerprint density at radius 3 is 2.57 bits per heavy atom. The molecule has 0 atom stereocenters. The maximum atomic E-state index is 5.98. The predicted octanol–water partition coefficient (Wildman–Crippen LogP) is 1.98. The van der Waals surface area contributed by atoms with Gasteiger partial charge in [0.2, 0.25) is 0 Å². The van der Waals surface area contributed by atoms with Crippen molar-refractivity contribution in [1.29, 1.82) is 0 Å². The van der Waals surface area contributed by atoms with E-state index in [2.05, 4.69) is 17.6 Å². The molecular formula is C11H13ClN2. The number of rotatable bonds is 2. The smallest absolute Gasteiger partial charge is 0.0408 e. The van der Waals surface area contributed by atoms with Crippen LogP contribution in [0.25, 0.3) is 0 Å². The molecule has 0 amide bonds. The summed E-state index contributed by atoms with van der Waals surface area (Å²) in [5.74, 6) is 5.50. The molecular weight excluding hydrogens is 196 g/mol. The highest BCUT2D eigenvalue weighted by Crippen LogP contribution is 2.67. The molecule has 0 aliphatic heterocycles. The summed E-state index contributed by atoms with van der Waals surface area (Å²) in [5, 5.41) is 0.835. The zero-order valence-electron chi connectivity index (χ0n) is 7.89. The molecule has 2 nitrogen and oxygen atoms in total. The average Bonchev–Trinajstić information content (AvgIpc) is 2.00. The molecule has 3 aliphatic carbocycles. The van der Waals surface area contributed by atoms with Crippen molar-refractivity contribution in [3.05, 3.63) is 34.9 Å². The Morgan fingerprint density at radius 1 is 1.29 bits per heavy atom. The Balaban J connectivity index is 1.87. The molecule has 0 unspecified atom stereocenters. The number of nitrogens with two attached hydrogens (primary N) is 1. The maximum Gasteiger partial charge on any atom is 0.0408 e. The lowest BCUT2D eigenvalue weighted by molar-refractivity contribution is -0.0882. The normalized spacial score (nSPS) is 38.7. The molecule has 2 bridgehead atoms. The van der Waals surface area contributed by atoms with Crippen LogP contribution in [0, 0.1) is 0 Å². The first-order valence-electron chi connectivity index (χ1n) is 4.92. The molecule has 3 fully saturated rings. The Labute approximate surface area is 88.4 Å². The maximum absolute atomic E-state index is 5.98. The van der Waals surface area contributed by atoms with Crippen LogP contribution in [0.2, 0.25) is 5.02 Å². The minimum atomic E-state index is 0.252. The molecule has 1 aromatic carbocycles. The van der Waals surface area contributed by atoms with Gasteiger partial charge in [-0.05, 0) is 37.0 Å². The van der Waals surface area contributed by atoms with Gasteiger partial charge < -0.3 is 0 Å². The number of halogens is 1. The lowest BCUT2D eigenvalue weighted by Gasteiger charge is -2.70. The summed E-state index contributed by atoms with van der Waals surface area (Å²) in [6.07, 6.45) is 3.49. The van der Waals surface area contributed by atoms with Gasteiger partial charge >= 0.3 is 0 Å². The van der Waals surface area contributed by atoms with Gasteiger partial charge in [0.1, 0.15) is 0 Å². The van der Waals surface area contributed by atoms with Crippen molar-refractivity contribution in [2.75, 3.05) is 0 Å². The van der Waals surface area contributed by atoms with Crippen LogP contribution >= 0.6 is 11.6 Å². The van der Waals surface area contributed by atoms with E-state index in [1.54, 1.807) is 0 Å². The minimum absolute atomic E-state index is 0.252. The second kappa shape index (κ2) is 2.51. The number of hydrogen-bond acceptors (Lipinski definition) is 2. The van der Waals surface area contributed by atoms with E-state index in [-0.39, 0.29) is 5.54 Å². The fourth-order valence-corrected chi connectivity index (χ4v) is 3.26. The molecule has 0 heterocycles. The van der Waals surface area contributed by atoms with Gasteiger partial charge in [-0.2, -0.15) is 0 Å². The van der Waals surface area contributed by atoms with Crippen LogP contribution in [0.4, 0.5) is 0 Å². The van der Waals surface area contributed by atoms with Crippen molar-refractivity contribution in [2.24, 2.45) is 5.84 Å². The SMILES string of the molecule is NNC12CC(c3cccc(Cl)c3)(C1)C2. The van der Waals surface area contributed by atoms with Crippen LogP contribution in [-0.4, -0.2) is 5.54 Å². The Bertz CT molecular complexity index is 369.